The molecule has 1 rings (SSSR count). The highest BCUT2D eigenvalue weighted by molar-refractivity contribution is 5.88. The molecule has 0 saturated heterocycles. The Morgan fingerprint density at radius 1 is 1.29 bits per heavy atom. The number of anilines is 1. The van der Waals surface area contributed by atoms with Crippen LogP contribution in [-0.2, 0) is 9.53 Å². The monoisotopic (exact) mass is 336 g/mol. The number of carbonyl (C=O) groups excluding carboxylic acids is 1. The fourth-order valence-electron chi connectivity index (χ4n) is 1.79. The van der Waals surface area contributed by atoms with Gasteiger partial charge in [0.05, 0.1) is 12.1 Å². The number of aliphatic imine (C=N–C) groups is 1. The van der Waals surface area contributed by atoms with Crippen molar-refractivity contribution in [2.75, 3.05) is 39.2 Å². The van der Waals surface area contributed by atoms with Crippen LogP contribution < -0.4 is 20.7 Å². The third kappa shape index (κ3) is 7.82. The highest BCUT2D eigenvalue weighted by Gasteiger charge is 2.16. The van der Waals surface area contributed by atoms with Gasteiger partial charge < -0.3 is 25.4 Å². The van der Waals surface area contributed by atoms with Crippen LogP contribution >= 0.6 is 0 Å². The van der Waals surface area contributed by atoms with E-state index >= 15 is 0 Å². The van der Waals surface area contributed by atoms with E-state index in [2.05, 4.69) is 20.9 Å². The van der Waals surface area contributed by atoms with E-state index in [1.165, 1.54) is 6.92 Å². The molecule has 0 saturated carbocycles. The molecule has 0 atom stereocenters. The summed E-state index contributed by atoms with van der Waals surface area (Å²) in [6, 6.07) is 7.28. The van der Waals surface area contributed by atoms with Gasteiger partial charge in [-0.2, -0.15) is 0 Å². The van der Waals surface area contributed by atoms with Crippen molar-refractivity contribution in [3.8, 4) is 5.75 Å². The molecule has 134 valence electrons. The predicted octanol–water partition coefficient (Wildman–Crippen LogP) is 1.61. The number of carbonyl (C=O) groups is 1. The first-order valence-corrected chi connectivity index (χ1v) is 7.86. The fraction of sp³-hybridized carbons (Fsp3) is 0.529. The number of methoxy groups -OCH3 is 1. The van der Waals surface area contributed by atoms with Crippen molar-refractivity contribution in [3.63, 3.8) is 0 Å². The summed E-state index contributed by atoms with van der Waals surface area (Å²) >= 11 is 0. The van der Waals surface area contributed by atoms with Gasteiger partial charge in [0.15, 0.2) is 5.96 Å². The van der Waals surface area contributed by atoms with E-state index in [4.69, 9.17) is 9.47 Å². The van der Waals surface area contributed by atoms with Crippen LogP contribution in [0.15, 0.2) is 29.3 Å². The quantitative estimate of drug-likeness (QED) is 0.382. The van der Waals surface area contributed by atoms with Gasteiger partial charge in [0.2, 0.25) is 5.91 Å². The van der Waals surface area contributed by atoms with Crippen molar-refractivity contribution in [1.29, 1.82) is 0 Å². The topological polar surface area (TPSA) is 84.0 Å². The second kappa shape index (κ2) is 9.77. The number of guanidine groups is 1. The van der Waals surface area contributed by atoms with Crippen LogP contribution in [0.2, 0.25) is 0 Å². The summed E-state index contributed by atoms with van der Waals surface area (Å²) in [7, 11) is 3.40. The number of benzene rings is 1. The number of hydrogen-bond donors (Lipinski definition) is 3. The van der Waals surface area contributed by atoms with Gasteiger partial charge in [-0.1, -0.05) is 6.07 Å². The molecule has 3 N–H and O–H groups in total. The molecule has 0 unspecified atom stereocenters. The summed E-state index contributed by atoms with van der Waals surface area (Å²) < 4.78 is 11.0. The van der Waals surface area contributed by atoms with Crippen LogP contribution in [0.5, 0.6) is 5.75 Å². The highest BCUT2D eigenvalue weighted by atomic mass is 16.5. The molecule has 7 nitrogen and oxygen atoms in total. The molecule has 24 heavy (non-hydrogen) atoms. The first-order chi connectivity index (χ1) is 11.4. The Kier molecular flexibility index (Phi) is 8.05. The molecule has 1 amide bonds. The minimum Gasteiger partial charge on any atom is -0.492 e. The standard InChI is InChI=1S/C17H28N4O3/c1-13(22)21-14-7-6-8-15(11-14)24-10-9-19-16(18-4)20-12-17(2,3)23-5/h6-8,11H,9-10,12H2,1-5H3,(H,21,22)(H2,18,19,20). The van der Waals surface area contributed by atoms with E-state index in [0.29, 0.717) is 37.1 Å². The van der Waals surface area contributed by atoms with Crippen LogP contribution in [0.4, 0.5) is 5.69 Å². The van der Waals surface area contributed by atoms with Crippen LogP contribution in [0, 0.1) is 0 Å². The SMILES string of the molecule is CN=C(NCCOc1cccc(NC(C)=O)c1)NCC(C)(C)OC. The average molecular weight is 336 g/mol. The molecular formula is C17H28N4O3. The lowest BCUT2D eigenvalue weighted by Gasteiger charge is -2.24. The van der Waals surface area contributed by atoms with Crippen molar-refractivity contribution in [1.82, 2.24) is 10.6 Å². The Bertz CT molecular complexity index is 559. The first-order valence-electron chi connectivity index (χ1n) is 7.86. The Balaban J connectivity index is 2.35. The third-order valence-corrected chi connectivity index (χ3v) is 3.28. The van der Waals surface area contributed by atoms with E-state index in [0.717, 1.165) is 0 Å². The van der Waals surface area contributed by atoms with Gasteiger partial charge in [0.1, 0.15) is 12.4 Å². The average Bonchev–Trinajstić information content (AvgIpc) is 2.54. The van der Waals surface area contributed by atoms with E-state index in [1.807, 2.05) is 32.0 Å². The zero-order valence-electron chi connectivity index (χ0n) is 15.1. The second-order valence-electron chi connectivity index (χ2n) is 5.87. The maximum Gasteiger partial charge on any atom is 0.221 e. The number of rotatable bonds is 8. The molecule has 0 aliphatic rings. The molecule has 0 aliphatic carbocycles. The molecule has 0 aromatic heterocycles. The summed E-state index contributed by atoms with van der Waals surface area (Å²) in [5.41, 5.74) is 0.449. The molecular weight excluding hydrogens is 308 g/mol. The van der Waals surface area contributed by atoms with Gasteiger partial charge >= 0.3 is 0 Å². The molecule has 0 heterocycles. The summed E-state index contributed by atoms with van der Waals surface area (Å²) in [4.78, 5) is 15.2. The molecule has 1 aromatic rings. The van der Waals surface area contributed by atoms with E-state index in [-0.39, 0.29) is 11.5 Å². The van der Waals surface area contributed by atoms with Crippen LogP contribution in [0.25, 0.3) is 0 Å². The molecule has 0 spiro atoms. The van der Waals surface area contributed by atoms with E-state index < -0.39 is 0 Å². The van der Waals surface area contributed by atoms with Crippen molar-refractivity contribution in [2.45, 2.75) is 26.4 Å². The smallest absolute Gasteiger partial charge is 0.221 e. The van der Waals surface area contributed by atoms with Crippen molar-refractivity contribution in [2.24, 2.45) is 4.99 Å². The lowest BCUT2D eigenvalue weighted by atomic mass is 10.1. The lowest BCUT2D eigenvalue weighted by molar-refractivity contribution is -0.114. The van der Waals surface area contributed by atoms with E-state index in [9.17, 15) is 4.79 Å². The highest BCUT2D eigenvalue weighted by Crippen LogP contribution is 2.16. The van der Waals surface area contributed by atoms with Crippen molar-refractivity contribution in [3.05, 3.63) is 24.3 Å². The fourth-order valence-corrected chi connectivity index (χ4v) is 1.79. The third-order valence-electron chi connectivity index (χ3n) is 3.28. The minimum absolute atomic E-state index is 0.109. The minimum atomic E-state index is -0.266. The van der Waals surface area contributed by atoms with Crippen LogP contribution in [0.1, 0.15) is 20.8 Å². The van der Waals surface area contributed by atoms with Crippen molar-refractivity contribution < 1.29 is 14.3 Å². The maximum absolute atomic E-state index is 11.1. The number of nitrogens with zero attached hydrogens (tertiary/aromatic N) is 1. The zero-order chi connectivity index (χ0) is 18.0. The van der Waals surface area contributed by atoms with Crippen molar-refractivity contribution >= 4 is 17.6 Å². The van der Waals surface area contributed by atoms with Gasteiger partial charge in [0, 0.05) is 39.4 Å². The lowest BCUT2D eigenvalue weighted by Crippen LogP contribution is -2.46. The Morgan fingerprint density at radius 2 is 2.04 bits per heavy atom. The second-order valence-corrected chi connectivity index (χ2v) is 5.87. The first kappa shape index (κ1) is 19.8. The van der Waals surface area contributed by atoms with Gasteiger partial charge in [-0.05, 0) is 26.0 Å². The van der Waals surface area contributed by atoms with Gasteiger partial charge in [-0.3, -0.25) is 9.79 Å². The molecule has 7 heteroatoms. The molecule has 0 aliphatic heterocycles. The Hall–Kier alpha value is -2.28. The van der Waals surface area contributed by atoms with Crippen LogP contribution in [-0.4, -0.2) is 51.3 Å². The number of nitrogens with one attached hydrogen (secondary N) is 3. The molecule has 0 radical (unpaired) electrons. The molecule has 0 bridgehead atoms. The number of hydrogen-bond acceptors (Lipinski definition) is 4. The number of amides is 1. The Labute approximate surface area is 143 Å². The summed E-state index contributed by atoms with van der Waals surface area (Å²) in [6.07, 6.45) is 0. The summed E-state index contributed by atoms with van der Waals surface area (Å²) in [5, 5.41) is 9.10. The van der Waals surface area contributed by atoms with Gasteiger partial charge in [-0.25, -0.2) is 0 Å². The summed E-state index contributed by atoms with van der Waals surface area (Å²) in [5.74, 6) is 1.28. The largest absolute Gasteiger partial charge is 0.492 e. The maximum atomic E-state index is 11.1. The summed E-state index contributed by atoms with van der Waals surface area (Å²) in [6.45, 7) is 7.18. The predicted molar refractivity (Wildman–Crippen MR) is 96.7 cm³/mol. The van der Waals surface area contributed by atoms with Crippen LogP contribution in [0.3, 0.4) is 0 Å². The van der Waals surface area contributed by atoms with E-state index in [1.54, 1.807) is 20.2 Å². The Morgan fingerprint density at radius 3 is 2.67 bits per heavy atom. The number of ether oxygens (including phenoxy) is 2. The molecule has 1 aromatic carbocycles. The van der Waals surface area contributed by atoms with Gasteiger partial charge in [0.25, 0.3) is 0 Å². The van der Waals surface area contributed by atoms with Gasteiger partial charge in [-0.15, -0.1) is 0 Å². The molecule has 0 fully saturated rings. The zero-order valence-corrected chi connectivity index (χ0v) is 15.1. The normalized spacial score (nSPS) is 11.8.